The van der Waals surface area contributed by atoms with Crippen molar-refractivity contribution in [2.24, 2.45) is 4.99 Å². The molecule has 7 heteroatoms. The van der Waals surface area contributed by atoms with Gasteiger partial charge in [-0.05, 0) is 67.3 Å². The molecular weight excluding hydrogens is 429 g/mol. The zero-order chi connectivity index (χ0) is 24.3. The van der Waals surface area contributed by atoms with E-state index in [4.69, 9.17) is 4.74 Å². The van der Waals surface area contributed by atoms with Crippen molar-refractivity contribution in [1.29, 1.82) is 0 Å². The van der Waals surface area contributed by atoms with Gasteiger partial charge in [0, 0.05) is 17.5 Å². The van der Waals surface area contributed by atoms with Crippen molar-refractivity contribution in [2.45, 2.75) is 39.3 Å². The quantitative estimate of drug-likeness (QED) is 0.475. The molecule has 0 bridgehead atoms. The Hall–Kier alpha value is -3.74. The second kappa shape index (κ2) is 9.63. The molecule has 2 aromatic carbocycles. The van der Waals surface area contributed by atoms with Gasteiger partial charge in [0.15, 0.2) is 0 Å². The average Bonchev–Trinajstić information content (AvgIpc) is 3.27. The van der Waals surface area contributed by atoms with Crippen molar-refractivity contribution >= 4 is 22.4 Å². The summed E-state index contributed by atoms with van der Waals surface area (Å²) < 4.78 is 19.7. The molecule has 0 unspecified atom stereocenters. The Balaban J connectivity index is 1.49. The van der Waals surface area contributed by atoms with Crippen molar-refractivity contribution in [2.75, 3.05) is 19.0 Å². The monoisotopic (exact) mass is 459 g/mol. The first-order chi connectivity index (χ1) is 16.3. The number of halogens is 1. The third kappa shape index (κ3) is 5.25. The first kappa shape index (κ1) is 23.4. The molecule has 6 nitrogen and oxygen atoms in total. The Morgan fingerprint density at radius 3 is 2.71 bits per heavy atom. The first-order valence-electron chi connectivity index (χ1n) is 11.3. The van der Waals surface area contributed by atoms with Gasteiger partial charge in [-0.2, -0.15) is 0 Å². The molecule has 0 spiro atoms. The van der Waals surface area contributed by atoms with Gasteiger partial charge in [-0.15, -0.1) is 0 Å². The molecule has 1 aromatic heterocycles. The van der Waals surface area contributed by atoms with Gasteiger partial charge >= 0.3 is 0 Å². The van der Waals surface area contributed by atoms with Gasteiger partial charge in [-0.25, -0.2) is 14.4 Å². The maximum Gasteiger partial charge on any atom is 0.128 e. The van der Waals surface area contributed by atoms with Crippen LogP contribution in [0.2, 0.25) is 0 Å². The predicted octanol–water partition coefficient (Wildman–Crippen LogP) is 5.35. The number of nitrogens with zero attached hydrogens (tertiary/aromatic N) is 3. The number of benzene rings is 2. The number of aryl methyl sites for hydroxylation is 1. The molecule has 3 aromatic rings. The minimum atomic E-state index is -1.39. The van der Waals surface area contributed by atoms with Crippen LogP contribution >= 0.6 is 0 Å². The molecule has 1 aliphatic rings. The number of aromatic nitrogens is 2. The summed E-state index contributed by atoms with van der Waals surface area (Å²) in [5, 5.41) is 7.35. The molecule has 34 heavy (non-hydrogen) atoms. The molecule has 4 rings (SSSR count). The van der Waals surface area contributed by atoms with Gasteiger partial charge < -0.3 is 15.4 Å². The summed E-state index contributed by atoms with van der Waals surface area (Å²) in [6, 6.07) is 12.2. The molecule has 2 heterocycles. The minimum Gasteiger partial charge on any atom is -0.496 e. The third-order valence-corrected chi connectivity index (χ3v) is 5.87. The highest BCUT2D eigenvalue weighted by molar-refractivity contribution is 5.97. The Morgan fingerprint density at radius 1 is 1.18 bits per heavy atom. The number of fused-ring (bicyclic) bond motifs is 1. The molecule has 1 aliphatic heterocycles. The van der Waals surface area contributed by atoms with E-state index in [1.54, 1.807) is 19.5 Å². The number of nitrogens with one attached hydrogen (secondary N) is 2. The summed E-state index contributed by atoms with van der Waals surface area (Å²) in [4.78, 5) is 13.3. The zero-order valence-corrected chi connectivity index (χ0v) is 20.1. The summed E-state index contributed by atoms with van der Waals surface area (Å²) in [5.41, 5.74) is 4.21. The van der Waals surface area contributed by atoms with E-state index in [2.05, 4.69) is 57.3 Å². The Morgan fingerprint density at radius 2 is 2.00 bits per heavy atom. The van der Waals surface area contributed by atoms with E-state index in [0.717, 1.165) is 45.6 Å². The summed E-state index contributed by atoms with van der Waals surface area (Å²) in [6.07, 6.45) is 4.87. The molecule has 0 atom stereocenters. The highest BCUT2D eigenvalue weighted by Crippen LogP contribution is 2.28. The maximum atomic E-state index is 14.1. The summed E-state index contributed by atoms with van der Waals surface area (Å²) in [5.74, 6) is 2.02. The first-order valence-corrected chi connectivity index (χ1v) is 11.3. The fourth-order valence-corrected chi connectivity index (χ4v) is 3.96. The highest BCUT2D eigenvalue weighted by Gasteiger charge is 2.25. The zero-order valence-electron chi connectivity index (χ0n) is 20.1. The molecule has 0 amide bonds. The Bertz CT molecular complexity index is 1290. The molecule has 0 radical (unpaired) electrons. The Kier molecular flexibility index (Phi) is 6.63. The minimum absolute atomic E-state index is 0.353. The fraction of sp³-hybridized carbons (Fsp3) is 0.296. The van der Waals surface area contributed by atoms with E-state index in [0.29, 0.717) is 30.2 Å². The average molecular weight is 460 g/mol. The smallest absolute Gasteiger partial charge is 0.128 e. The number of anilines is 1. The van der Waals surface area contributed by atoms with Gasteiger partial charge in [0.1, 0.15) is 29.4 Å². The lowest BCUT2D eigenvalue weighted by molar-refractivity contribution is 0.267. The number of hydrogen-bond acceptors (Lipinski definition) is 6. The van der Waals surface area contributed by atoms with Crippen LogP contribution in [-0.2, 0) is 12.8 Å². The summed E-state index contributed by atoms with van der Waals surface area (Å²) >= 11 is 0. The van der Waals surface area contributed by atoms with Crippen LogP contribution in [0.3, 0.4) is 0 Å². The van der Waals surface area contributed by atoms with E-state index in [9.17, 15) is 4.39 Å². The SMILES string of the molecule is C=C(NC1=NCC(C(C)(C)F)=C1)Nc1cccc(Cc2ncnc3cc(CC)c(OC)cc23)c1. The van der Waals surface area contributed by atoms with Gasteiger partial charge in [0.05, 0.1) is 24.9 Å². The number of aliphatic imine (C=N–C) groups is 1. The molecule has 0 aliphatic carbocycles. The van der Waals surface area contributed by atoms with Crippen LogP contribution in [0.25, 0.3) is 10.9 Å². The largest absolute Gasteiger partial charge is 0.496 e. The fourth-order valence-electron chi connectivity index (χ4n) is 3.96. The van der Waals surface area contributed by atoms with Crippen molar-refractivity contribution in [1.82, 2.24) is 15.3 Å². The number of methoxy groups -OCH3 is 1. The van der Waals surface area contributed by atoms with Gasteiger partial charge in [-0.3, -0.25) is 4.99 Å². The molecule has 0 fully saturated rings. The number of rotatable bonds is 8. The number of hydrogen-bond donors (Lipinski definition) is 2. The van der Waals surface area contributed by atoms with Gasteiger partial charge in [0.25, 0.3) is 0 Å². The van der Waals surface area contributed by atoms with Gasteiger partial charge in [0.2, 0.25) is 0 Å². The second-order valence-electron chi connectivity index (χ2n) is 8.80. The number of amidine groups is 1. The molecule has 0 saturated carbocycles. The lowest BCUT2D eigenvalue weighted by Gasteiger charge is -2.14. The van der Waals surface area contributed by atoms with Crippen molar-refractivity contribution in [3.05, 3.63) is 83.6 Å². The van der Waals surface area contributed by atoms with Gasteiger partial charge in [-0.1, -0.05) is 25.6 Å². The van der Waals surface area contributed by atoms with E-state index in [1.807, 2.05) is 18.2 Å². The van der Waals surface area contributed by atoms with Crippen LogP contribution in [0.1, 0.15) is 37.6 Å². The molecule has 2 N–H and O–H groups in total. The third-order valence-electron chi connectivity index (χ3n) is 5.87. The maximum absolute atomic E-state index is 14.1. The van der Waals surface area contributed by atoms with Crippen molar-refractivity contribution in [3.8, 4) is 5.75 Å². The topological polar surface area (TPSA) is 71.4 Å². The summed E-state index contributed by atoms with van der Waals surface area (Å²) in [7, 11) is 1.69. The lowest BCUT2D eigenvalue weighted by atomic mass is 10.0. The van der Waals surface area contributed by atoms with E-state index in [1.165, 1.54) is 13.8 Å². The van der Waals surface area contributed by atoms with E-state index in [-0.39, 0.29) is 0 Å². The predicted molar refractivity (Wildman–Crippen MR) is 136 cm³/mol. The van der Waals surface area contributed by atoms with E-state index >= 15 is 0 Å². The van der Waals surface area contributed by atoms with Crippen LogP contribution < -0.4 is 15.4 Å². The molecular formula is C27H30FN5O. The lowest BCUT2D eigenvalue weighted by Crippen LogP contribution is -2.24. The van der Waals surface area contributed by atoms with Crippen LogP contribution in [0.5, 0.6) is 5.75 Å². The molecule has 0 saturated heterocycles. The highest BCUT2D eigenvalue weighted by atomic mass is 19.1. The second-order valence-corrected chi connectivity index (χ2v) is 8.80. The van der Waals surface area contributed by atoms with Crippen LogP contribution in [0.15, 0.2) is 71.8 Å². The number of ether oxygens (including phenoxy) is 1. The van der Waals surface area contributed by atoms with Crippen molar-refractivity contribution < 1.29 is 9.13 Å². The van der Waals surface area contributed by atoms with Crippen LogP contribution in [-0.4, -0.2) is 35.1 Å². The number of alkyl halides is 1. The normalized spacial score (nSPS) is 13.4. The Labute approximate surface area is 199 Å². The van der Waals surface area contributed by atoms with E-state index < -0.39 is 5.67 Å². The van der Waals surface area contributed by atoms with Crippen molar-refractivity contribution in [3.63, 3.8) is 0 Å². The van der Waals surface area contributed by atoms with Crippen LogP contribution in [0, 0.1) is 0 Å². The van der Waals surface area contributed by atoms with Crippen LogP contribution in [0.4, 0.5) is 10.1 Å². The molecule has 176 valence electrons. The standard InChI is InChI=1S/C27H30FN5O/c1-6-19-12-24-22(14-25(19)34-5)23(30-16-31-24)11-18-8-7-9-21(10-18)32-17(2)33-26-13-20(15-29-26)27(3,4)28/h7-10,12-14,16,32H,2,6,11,15H2,1,3-5H3,(H,29,33). The summed E-state index contributed by atoms with van der Waals surface area (Å²) in [6.45, 7) is 9.56.